The maximum Gasteiger partial charge on any atom is 0.253 e. The number of hydrogen-bond acceptors (Lipinski definition) is 5. The minimum Gasteiger partial charge on any atom is -0.377 e. The van der Waals surface area contributed by atoms with E-state index in [-0.39, 0.29) is 18.0 Å². The summed E-state index contributed by atoms with van der Waals surface area (Å²) in [7, 11) is 0. The highest BCUT2D eigenvalue weighted by molar-refractivity contribution is 5.94. The van der Waals surface area contributed by atoms with Crippen LogP contribution in [0.1, 0.15) is 93.0 Å². The van der Waals surface area contributed by atoms with E-state index in [0.717, 1.165) is 44.1 Å². The third-order valence-corrected chi connectivity index (χ3v) is 6.99. The number of anilines is 2. The number of hydrogen-bond donors (Lipinski definition) is 3. The molecule has 172 valence electrons. The molecule has 0 heterocycles. The zero-order valence-electron chi connectivity index (χ0n) is 18.9. The Morgan fingerprint density at radius 1 is 0.719 bits per heavy atom. The van der Waals surface area contributed by atoms with Crippen LogP contribution in [0.15, 0.2) is 33.9 Å². The van der Waals surface area contributed by atoms with Crippen LogP contribution in [0, 0.1) is 0 Å². The van der Waals surface area contributed by atoms with E-state index in [9.17, 15) is 14.4 Å². The second-order valence-electron chi connectivity index (χ2n) is 9.45. The van der Waals surface area contributed by atoms with Gasteiger partial charge in [-0.3, -0.25) is 14.4 Å². The molecule has 2 aromatic rings. The lowest BCUT2D eigenvalue weighted by atomic mass is 9.95. The van der Waals surface area contributed by atoms with Crippen LogP contribution in [0.5, 0.6) is 0 Å². The first-order valence-electron chi connectivity index (χ1n) is 12.4. The van der Waals surface area contributed by atoms with E-state index < -0.39 is 10.9 Å². The Balaban J connectivity index is 1.30. The van der Waals surface area contributed by atoms with Gasteiger partial charge < -0.3 is 16.0 Å². The van der Waals surface area contributed by atoms with Crippen molar-refractivity contribution in [3.63, 3.8) is 0 Å². The van der Waals surface area contributed by atoms with Crippen LogP contribution in [0.3, 0.4) is 0 Å². The summed E-state index contributed by atoms with van der Waals surface area (Å²) in [5, 5.41) is 9.61. The predicted octanol–water partition coefficient (Wildman–Crippen LogP) is 4.48. The van der Waals surface area contributed by atoms with E-state index in [4.69, 9.17) is 0 Å². The second kappa shape index (κ2) is 10.8. The van der Waals surface area contributed by atoms with Crippen LogP contribution >= 0.6 is 0 Å². The molecule has 0 saturated heterocycles. The van der Waals surface area contributed by atoms with Crippen molar-refractivity contribution in [2.45, 2.75) is 95.7 Å². The molecule has 6 heteroatoms. The molecule has 0 atom stereocenters. The van der Waals surface area contributed by atoms with Gasteiger partial charge in [-0.05, 0) is 43.4 Å². The first-order chi connectivity index (χ1) is 15.6. The maximum atomic E-state index is 12.6. The van der Waals surface area contributed by atoms with E-state index in [1.54, 1.807) is 0 Å². The summed E-state index contributed by atoms with van der Waals surface area (Å²) in [6.45, 7) is 0.439. The number of carbonyl (C=O) groups is 1. The van der Waals surface area contributed by atoms with E-state index in [1.807, 2.05) is 24.3 Å². The molecule has 32 heavy (non-hydrogen) atoms. The van der Waals surface area contributed by atoms with E-state index >= 15 is 0 Å². The number of nitrogens with one attached hydrogen (secondary N) is 3. The molecular formula is C26H35N3O3. The molecule has 0 bridgehead atoms. The predicted molar refractivity (Wildman–Crippen MR) is 129 cm³/mol. The van der Waals surface area contributed by atoms with Gasteiger partial charge in [0, 0.05) is 24.2 Å². The van der Waals surface area contributed by atoms with Crippen LogP contribution in [-0.4, -0.2) is 18.0 Å². The van der Waals surface area contributed by atoms with Crippen molar-refractivity contribution in [3.05, 3.63) is 55.8 Å². The lowest BCUT2D eigenvalue weighted by Gasteiger charge is -2.25. The topological polar surface area (TPSA) is 87.3 Å². The van der Waals surface area contributed by atoms with Crippen LogP contribution in [0.25, 0.3) is 0 Å². The third-order valence-electron chi connectivity index (χ3n) is 6.99. The van der Waals surface area contributed by atoms with Gasteiger partial charge in [0.05, 0.1) is 0 Å². The Morgan fingerprint density at radius 2 is 1.25 bits per heavy atom. The first kappa shape index (κ1) is 22.6. The summed E-state index contributed by atoms with van der Waals surface area (Å²) in [6.07, 6.45) is 14.0. The van der Waals surface area contributed by atoms with Gasteiger partial charge in [-0.15, -0.1) is 0 Å². The van der Waals surface area contributed by atoms with Crippen molar-refractivity contribution < 1.29 is 4.79 Å². The van der Waals surface area contributed by atoms with Crippen molar-refractivity contribution in [2.75, 3.05) is 10.6 Å². The molecule has 2 aliphatic rings. The van der Waals surface area contributed by atoms with Gasteiger partial charge in [0.2, 0.25) is 0 Å². The van der Waals surface area contributed by atoms with Gasteiger partial charge >= 0.3 is 0 Å². The third kappa shape index (κ3) is 5.59. The normalized spacial score (nSPS) is 18.6. The smallest absolute Gasteiger partial charge is 0.253 e. The van der Waals surface area contributed by atoms with E-state index in [1.165, 1.54) is 38.5 Å². The summed E-state index contributed by atoms with van der Waals surface area (Å²) in [5.41, 5.74) is 1.59. The number of rotatable bonds is 7. The lowest BCUT2D eigenvalue weighted by molar-refractivity contribution is 0.0930. The molecule has 0 unspecified atom stereocenters. The first-order valence-corrected chi connectivity index (χ1v) is 12.4. The van der Waals surface area contributed by atoms with Gasteiger partial charge in [0.15, 0.2) is 0 Å². The molecule has 0 aliphatic heterocycles. The van der Waals surface area contributed by atoms with Gasteiger partial charge in [-0.2, -0.15) is 0 Å². The fourth-order valence-corrected chi connectivity index (χ4v) is 4.98. The van der Waals surface area contributed by atoms with Gasteiger partial charge in [0.25, 0.3) is 16.8 Å². The van der Waals surface area contributed by atoms with Crippen molar-refractivity contribution in [3.8, 4) is 0 Å². The average molecular weight is 438 g/mol. The second-order valence-corrected chi connectivity index (χ2v) is 9.45. The standard InChI is InChI=1S/C26H35N3O3/c30-24-22(23(25(24)31)28-20-9-7-4-8-10-20)27-17-18-13-15-19(16-14-18)26(32)29-21-11-5-2-1-3-6-12-21/h13-16,20-21,27-28H,1-12,17H2,(H,29,32). The Kier molecular flexibility index (Phi) is 7.61. The molecule has 1 amide bonds. The zero-order chi connectivity index (χ0) is 22.3. The van der Waals surface area contributed by atoms with Crippen LogP contribution < -0.4 is 26.8 Å². The minimum absolute atomic E-state index is 0.0171. The number of benzene rings is 1. The highest BCUT2D eigenvalue weighted by Crippen LogP contribution is 2.24. The monoisotopic (exact) mass is 437 g/mol. The highest BCUT2D eigenvalue weighted by Gasteiger charge is 2.24. The number of amides is 1. The highest BCUT2D eigenvalue weighted by atomic mass is 16.2. The van der Waals surface area contributed by atoms with Crippen LogP contribution in [0.2, 0.25) is 0 Å². The Labute approximate surface area is 189 Å². The molecule has 0 radical (unpaired) electrons. The maximum absolute atomic E-state index is 12.6. The lowest BCUT2D eigenvalue weighted by Crippen LogP contribution is -2.40. The summed E-state index contributed by atoms with van der Waals surface area (Å²) in [4.78, 5) is 36.7. The van der Waals surface area contributed by atoms with Crippen LogP contribution in [-0.2, 0) is 6.54 Å². The minimum atomic E-state index is -0.446. The summed E-state index contributed by atoms with van der Waals surface area (Å²) < 4.78 is 0. The molecule has 2 aliphatic carbocycles. The SMILES string of the molecule is O=C(NC1CCCCCCC1)c1ccc(CNc2c(NC3CCCCC3)c(=O)c2=O)cc1. The van der Waals surface area contributed by atoms with Crippen molar-refractivity contribution in [1.82, 2.24) is 5.32 Å². The van der Waals surface area contributed by atoms with Crippen molar-refractivity contribution in [2.24, 2.45) is 0 Å². The van der Waals surface area contributed by atoms with Gasteiger partial charge in [-0.1, -0.05) is 63.5 Å². The quantitative estimate of drug-likeness (QED) is 0.556. The molecule has 0 spiro atoms. The van der Waals surface area contributed by atoms with Gasteiger partial charge in [-0.25, -0.2) is 0 Å². The Hall–Kier alpha value is -2.63. The zero-order valence-corrected chi connectivity index (χ0v) is 18.9. The Morgan fingerprint density at radius 3 is 1.91 bits per heavy atom. The molecule has 2 saturated carbocycles. The largest absolute Gasteiger partial charge is 0.377 e. The van der Waals surface area contributed by atoms with Crippen molar-refractivity contribution in [1.29, 1.82) is 0 Å². The Bertz CT molecular complexity index is 961. The van der Waals surface area contributed by atoms with E-state index in [2.05, 4.69) is 16.0 Å². The summed E-state index contributed by atoms with van der Waals surface area (Å²) >= 11 is 0. The van der Waals surface area contributed by atoms with Crippen LogP contribution in [0.4, 0.5) is 11.4 Å². The summed E-state index contributed by atoms with van der Waals surface area (Å²) in [5.74, 6) is -0.0171. The molecule has 2 aromatic carbocycles. The molecule has 0 aromatic heterocycles. The fourth-order valence-electron chi connectivity index (χ4n) is 4.98. The van der Waals surface area contributed by atoms with E-state index in [0.29, 0.717) is 23.5 Å². The fraction of sp³-hybridized carbons (Fsp3) is 0.577. The average Bonchev–Trinajstić information content (AvgIpc) is 2.81. The molecule has 4 rings (SSSR count). The molecular weight excluding hydrogens is 402 g/mol. The molecule has 6 nitrogen and oxygen atoms in total. The number of carbonyl (C=O) groups excluding carboxylic acids is 1. The van der Waals surface area contributed by atoms with Gasteiger partial charge in [0.1, 0.15) is 11.4 Å². The molecule has 2 fully saturated rings. The summed E-state index contributed by atoms with van der Waals surface area (Å²) in [6, 6.07) is 8.02. The van der Waals surface area contributed by atoms with Crippen molar-refractivity contribution >= 4 is 17.3 Å². The molecule has 3 N–H and O–H groups in total.